The highest BCUT2D eigenvalue weighted by atomic mass is 15.3. The minimum Gasteiger partial charge on any atom is -0.349 e. The molecule has 5 heteroatoms. The van der Waals surface area contributed by atoms with Crippen molar-refractivity contribution in [2.24, 2.45) is 4.99 Å². The number of guanidine groups is 1. The summed E-state index contributed by atoms with van der Waals surface area (Å²) in [6.07, 6.45) is 2.92. The number of para-hydroxylation sites is 2. The topological polar surface area (TPSA) is 36.7 Å². The van der Waals surface area contributed by atoms with Gasteiger partial charge >= 0.3 is 0 Å². The van der Waals surface area contributed by atoms with Crippen LogP contribution in [0.25, 0.3) is 11.0 Å². The summed E-state index contributed by atoms with van der Waals surface area (Å²) >= 11 is 0. The van der Waals surface area contributed by atoms with E-state index in [9.17, 15) is 0 Å². The van der Waals surface area contributed by atoms with E-state index in [2.05, 4.69) is 26.7 Å². The number of benzene rings is 1. The molecule has 0 aliphatic rings. The Labute approximate surface area is 120 Å². The number of rotatable bonds is 4. The molecule has 1 heterocycles. The Morgan fingerprint density at radius 2 is 1.85 bits per heavy atom. The van der Waals surface area contributed by atoms with Crippen LogP contribution >= 0.6 is 0 Å². The summed E-state index contributed by atoms with van der Waals surface area (Å²) in [6, 6.07) is 8.22. The number of aromatic nitrogens is 2. The number of hydrogen-bond donors (Lipinski definition) is 0. The molecular formula is C15H23N5. The summed E-state index contributed by atoms with van der Waals surface area (Å²) in [4.78, 5) is 13.1. The lowest BCUT2D eigenvalue weighted by atomic mass is 10.3. The maximum absolute atomic E-state index is 4.64. The second-order valence-electron chi connectivity index (χ2n) is 5.25. The molecule has 5 nitrogen and oxygen atoms in total. The third kappa shape index (κ3) is 3.29. The number of fused-ring (bicyclic) bond motifs is 1. The van der Waals surface area contributed by atoms with Crippen molar-refractivity contribution in [1.82, 2.24) is 19.4 Å². The third-order valence-corrected chi connectivity index (χ3v) is 3.14. The van der Waals surface area contributed by atoms with Crippen LogP contribution in [0.15, 0.2) is 35.6 Å². The van der Waals surface area contributed by atoms with Gasteiger partial charge in [-0.15, -0.1) is 0 Å². The van der Waals surface area contributed by atoms with Crippen molar-refractivity contribution in [3.63, 3.8) is 0 Å². The van der Waals surface area contributed by atoms with Crippen LogP contribution in [0.4, 0.5) is 0 Å². The van der Waals surface area contributed by atoms with E-state index in [1.54, 1.807) is 0 Å². The van der Waals surface area contributed by atoms with Crippen LogP contribution < -0.4 is 0 Å². The normalized spacial score (nSPS) is 10.6. The first kappa shape index (κ1) is 14.4. The minimum absolute atomic E-state index is 0.818. The smallest absolute Gasteiger partial charge is 0.195 e. The van der Waals surface area contributed by atoms with E-state index < -0.39 is 0 Å². The predicted octanol–water partition coefficient (Wildman–Crippen LogP) is 1.91. The van der Waals surface area contributed by atoms with Gasteiger partial charge in [0.15, 0.2) is 5.96 Å². The van der Waals surface area contributed by atoms with Gasteiger partial charge in [-0.05, 0) is 18.6 Å². The summed E-state index contributed by atoms with van der Waals surface area (Å²) < 4.78 is 2.19. The van der Waals surface area contributed by atoms with Crippen molar-refractivity contribution >= 4 is 17.0 Å². The standard InChI is InChI=1S/C15H23N5/c1-18(2)15(19(3)4)16-10-7-11-20-12-17-13-8-5-6-9-14(13)20/h5-6,8-9,12H,7,10-11H2,1-4H3. The molecule has 2 aromatic rings. The first-order valence-corrected chi connectivity index (χ1v) is 6.88. The van der Waals surface area contributed by atoms with Gasteiger partial charge in [-0.1, -0.05) is 12.1 Å². The number of imidazole rings is 1. The maximum Gasteiger partial charge on any atom is 0.195 e. The molecule has 0 N–H and O–H groups in total. The average Bonchev–Trinajstić information content (AvgIpc) is 2.81. The van der Waals surface area contributed by atoms with Crippen molar-refractivity contribution in [2.45, 2.75) is 13.0 Å². The van der Waals surface area contributed by atoms with Crippen LogP contribution in [0.2, 0.25) is 0 Å². The molecule has 0 aliphatic heterocycles. The summed E-state index contributed by atoms with van der Waals surface area (Å²) in [6.45, 7) is 1.76. The third-order valence-electron chi connectivity index (χ3n) is 3.14. The first-order chi connectivity index (χ1) is 9.59. The molecule has 0 saturated carbocycles. The van der Waals surface area contributed by atoms with Gasteiger partial charge in [0.2, 0.25) is 0 Å². The highest BCUT2D eigenvalue weighted by Crippen LogP contribution is 2.12. The fourth-order valence-corrected chi connectivity index (χ4v) is 2.29. The first-order valence-electron chi connectivity index (χ1n) is 6.88. The van der Waals surface area contributed by atoms with Gasteiger partial charge in [0.1, 0.15) is 0 Å². The Bertz CT molecular complexity index is 573. The van der Waals surface area contributed by atoms with Crippen LogP contribution in [0.3, 0.4) is 0 Å². The summed E-state index contributed by atoms with van der Waals surface area (Å²) in [7, 11) is 8.06. The Morgan fingerprint density at radius 3 is 2.55 bits per heavy atom. The maximum atomic E-state index is 4.64. The zero-order valence-corrected chi connectivity index (χ0v) is 12.7. The molecular weight excluding hydrogens is 250 g/mol. The number of aliphatic imine (C=N–C) groups is 1. The van der Waals surface area contributed by atoms with E-state index in [0.29, 0.717) is 0 Å². The predicted molar refractivity (Wildman–Crippen MR) is 84.0 cm³/mol. The van der Waals surface area contributed by atoms with Crippen LogP contribution in [-0.4, -0.2) is 60.0 Å². The van der Waals surface area contributed by atoms with Crippen molar-refractivity contribution in [1.29, 1.82) is 0 Å². The minimum atomic E-state index is 0.818. The van der Waals surface area contributed by atoms with Crippen molar-refractivity contribution in [2.75, 3.05) is 34.7 Å². The largest absolute Gasteiger partial charge is 0.349 e. The van der Waals surface area contributed by atoms with Crippen LogP contribution in [0.1, 0.15) is 6.42 Å². The van der Waals surface area contributed by atoms with E-state index in [-0.39, 0.29) is 0 Å². The Morgan fingerprint density at radius 1 is 1.15 bits per heavy atom. The van der Waals surface area contributed by atoms with E-state index in [4.69, 9.17) is 0 Å². The number of aryl methyl sites for hydroxylation is 1. The molecule has 2 rings (SSSR count). The zero-order chi connectivity index (χ0) is 14.5. The molecule has 0 unspecified atom stereocenters. The van der Waals surface area contributed by atoms with Gasteiger partial charge in [-0.2, -0.15) is 0 Å². The van der Waals surface area contributed by atoms with Crippen LogP contribution in [-0.2, 0) is 6.54 Å². The second kappa shape index (κ2) is 6.41. The summed E-state index contributed by atoms with van der Waals surface area (Å²) in [5.74, 6) is 1.00. The fraction of sp³-hybridized carbons (Fsp3) is 0.467. The van der Waals surface area contributed by atoms with Crippen molar-refractivity contribution < 1.29 is 0 Å². The highest BCUT2D eigenvalue weighted by molar-refractivity contribution is 5.79. The van der Waals surface area contributed by atoms with E-state index in [0.717, 1.165) is 31.0 Å². The number of nitrogens with zero attached hydrogens (tertiary/aromatic N) is 5. The Kier molecular flexibility index (Phi) is 4.61. The summed E-state index contributed by atoms with van der Waals surface area (Å²) in [5.41, 5.74) is 2.25. The van der Waals surface area contributed by atoms with Crippen molar-refractivity contribution in [3.8, 4) is 0 Å². The van der Waals surface area contributed by atoms with Crippen molar-refractivity contribution in [3.05, 3.63) is 30.6 Å². The molecule has 0 fully saturated rings. The monoisotopic (exact) mass is 273 g/mol. The lowest BCUT2D eigenvalue weighted by Crippen LogP contribution is -2.35. The van der Waals surface area contributed by atoms with E-state index >= 15 is 0 Å². The average molecular weight is 273 g/mol. The molecule has 20 heavy (non-hydrogen) atoms. The highest BCUT2D eigenvalue weighted by Gasteiger charge is 2.04. The molecule has 0 atom stereocenters. The molecule has 1 aromatic heterocycles. The quantitative estimate of drug-likeness (QED) is 0.485. The zero-order valence-electron chi connectivity index (χ0n) is 12.7. The molecule has 1 aromatic carbocycles. The SMILES string of the molecule is CN(C)C(=NCCCn1cnc2ccccc21)N(C)C. The van der Waals surface area contributed by atoms with Gasteiger partial charge in [0.05, 0.1) is 17.4 Å². The molecule has 0 amide bonds. The van der Waals surface area contributed by atoms with Gasteiger partial charge < -0.3 is 14.4 Å². The molecule has 0 radical (unpaired) electrons. The molecule has 108 valence electrons. The Balaban J connectivity index is 1.95. The van der Waals surface area contributed by atoms with Gasteiger partial charge in [-0.3, -0.25) is 4.99 Å². The molecule has 0 saturated heterocycles. The Hall–Kier alpha value is -2.04. The van der Waals surface area contributed by atoms with Crippen LogP contribution in [0.5, 0.6) is 0 Å². The molecule has 0 bridgehead atoms. The number of hydrogen-bond acceptors (Lipinski definition) is 2. The second-order valence-corrected chi connectivity index (χ2v) is 5.25. The molecule has 0 spiro atoms. The van der Waals surface area contributed by atoms with E-state index in [1.807, 2.05) is 56.5 Å². The van der Waals surface area contributed by atoms with Gasteiger partial charge in [-0.25, -0.2) is 4.98 Å². The van der Waals surface area contributed by atoms with E-state index in [1.165, 1.54) is 5.52 Å². The van der Waals surface area contributed by atoms with Crippen LogP contribution in [0, 0.1) is 0 Å². The lowest BCUT2D eigenvalue weighted by molar-refractivity contribution is 0.478. The lowest BCUT2D eigenvalue weighted by Gasteiger charge is -2.22. The fourth-order valence-electron chi connectivity index (χ4n) is 2.29. The summed E-state index contributed by atoms with van der Waals surface area (Å²) in [5, 5.41) is 0. The van der Waals surface area contributed by atoms with Gasteiger partial charge in [0.25, 0.3) is 0 Å². The van der Waals surface area contributed by atoms with Gasteiger partial charge in [0, 0.05) is 41.3 Å². The molecule has 0 aliphatic carbocycles.